The van der Waals surface area contributed by atoms with Crippen LogP contribution in [0.5, 0.6) is 5.75 Å². The third-order valence-corrected chi connectivity index (χ3v) is 6.93. The predicted octanol–water partition coefficient (Wildman–Crippen LogP) is 2.93. The number of nitriles is 1. The van der Waals surface area contributed by atoms with E-state index in [2.05, 4.69) is 16.7 Å². The second-order valence-corrected chi connectivity index (χ2v) is 9.45. The molecule has 1 saturated carbocycles. The van der Waals surface area contributed by atoms with Crippen molar-refractivity contribution in [2.75, 3.05) is 13.7 Å². The fraction of sp³-hybridized carbons (Fsp3) is 0.538. The minimum Gasteiger partial charge on any atom is -0.496 e. The molecule has 1 aromatic rings. The second kappa shape index (κ2) is 10.2. The van der Waals surface area contributed by atoms with Gasteiger partial charge in [0.25, 0.3) is 0 Å². The lowest BCUT2D eigenvalue weighted by Gasteiger charge is -2.24. The Kier molecular flexibility index (Phi) is 7.12. The highest BCUT2D eigenvalue weighted by Gasteiger charge is 2.34. The highest BCUT2D eigenvalue weighted by atomic mass is 16.5. The number of benzene rings is 1. The molecule has 1 saturated heterocycles. The number of carbonyl (C=O) groups excluding carboxylic acids is 3. The molecule has 0 bridgehead atoms. The van der Waals surface area contributed by atoms with E-state index in [0.29, 0.717) is 37.3 Å². The molecule has 2 amide bonds. The molecule has 3 aliphatic rings. The first-order valence-corrected chi connectivity index (χ1v) is 11.9. The van der Waals surface area contributed by atoms with Crippen molar-refractivity contribution in [2.24, 2.45) is 17.8 Å². The van der Waals surface area contributed by atoms with Gasteiger partial charge in [-0.15, -0.1) is 0 Å². The molecule has 2 fully saturated rings. The van der Waals surface area contributed by atoms with Crippen LogP contribution in [0.2, 0.25) is 0 Å². The number of ether oxygens (including phenoxy) is 1. The quantitative estimate of drug-likeness (QED) is 0.571. The van der Waals surface area contributed by atoms with Gasteiger partial charge in [-0.05, 0) is 49.3 Å². The van der Waals surface area contributed by atoms with Crippen LogP contribution >= 0.6 is 0 Å². The molecule has 1 heterocycles. The van der Waals surface area contributed by atoms with Gasteiger partial charge in [-0.25, -0.2) is 0 Å². The van der Waals surface area contributed by atoms with E-state index in [9.17, 15) is 19.6 Å². The molecule has 0 aromatic heterocycles. The van der Waals surface area contributed by atoms with E-state index < -0.39 is 12.0 Å². The summed E-state index contributed by atoms with van der Waals surface area (Å²) >= 11 is 0. The Bertz CT molecular complexity index is 1010. The zero-order valence-corrected chi connectivity index (χ0v) is 19.1. The van der Waals surface area contributed by atoms with Gasteiger partial charge in [0, 0.05) is 36.4 Å². The summed E-state index contributed by atoms with van der Waals surface area (Å²) in [6.07, 6.45) is 7.16. The van der Waals surface area contributed by atoms with Gasteiger partial charge in [0.2, 0.25) is 11.8 Å². The summed E-state index contributed by atoms with van der Waals surface area (Å²) in [4.78, 5) is 38.3. The average molecular weight is 450 g/mol. The monoisotopic (exact) mass is 449 g/mol. The van der Waals surface area contributed by atoms with Gasteiger partial charge >= 0.3 is 0 Å². The number of Topliss-reactive ketones (excluding diaryl/α,β-unsaturated/α-hetero) is 1. The smallest absolute Gasteiger partial charge is 0.248 e. The molecule has 33 heavy (non-hydrogen) atoms. The molecular weight excluding hydrogens is 418 g/mol. The van der Waals surface area contributed by atoms with Gasteiger partial charge in [-0.2, -0.15) is 5.26 Å². The fourth-order valence-corrected chi connectivity index (χ4v) is 4.84. The first-order valence-electron chi connectivity index (χ1n) is 11.9. The molecule has 3 atom stereocenters. The number of fused-ring (bicyclic) bond motifs is 1. The van der Waals surface area contributed by atoms with Gasteiger partial charge < -0.3 is 15.4 Å². The number of piperidine rings is 1. The van der Waals surface area contributed by atoms with Crippen molar-refractivity contribution in [2.45, 2.75) is 57.4 Å². The van der Waals surface area contributed by atoms with Crippen molar-refractivity contribution in [1.82, 2.24) is 10.6 Å². The van der Waals surface area contributed by atoms with Crippen LogP contribution in [0.25, 0.3) is 6.08 Å². The molecule has 2 N–H and O–H groups in total. The van der Waals surface area contributed by atoms with Crippen LogP contribution in [0, 0.1) is 29.1 Å². The van der Waals surface area contributed by atoms with E-state index in [4.69, 9.17) is 4.74 Å². The minimum absolute atomic E-state index is 0.0278. The number of nitrogens with one attached hydrogen (secondary N) is 2. The molecule has 1 aromatic carbocycles. The minimum atomic E-state index is -0.604. The van der Waals surface area contributed by atoms with Crippen LogP contribution < -0.4 is 15.4 Å². The Balaban J connectivity index is 1.40. The fourth-order valence-electron chi connectivity index (χ4n) is 4.84. The van der Waals surface area contributed by atoms with Crippen molar-refractivity contribution in [1.29, 1.82) is 5.26 Å². The highest BCUT2D eigenvalue weighted by Crippen LogP contribution is 2.35. The van der Waals surface area contributed by atoms with Gasteiger partial charge in [0.1, 0.15) is 5.75 Å². The summed E-state index contributed by atoms with van der Waals surface area (Å²) in [6, 6.07) is 7.36. The zero-order valence-electron chi connectivity index (χ0n) is 19.1. The molecular formula is C26H31N3O4. The topological polar surface area (TPSA) is 108 Å². The number of methoxy groups -OCH3 is 1. The first kappa shape index (κ1) is 23.0. The maximum atomic E-state index is 13.2. The van der Waals surface area contributed by atoms with Crippen molar-refractivity contribution >= 4 is 23.7 Å². The number of nitrogens with zero attached hydrogens (tertiary/aromatic N) is 1. The summed E-state index contributed by atoms with van der Waals surface area (Å²) in [6.45, 7) is 0.673. The van der Waals surface area contributed by atoms with E-state index in [1.165, 1.54) is 0 Å². The Labute approximate surface area is 194 Å². The van der Waals surface area contributed by atoms with Crippen LogP contribution in [0.1, 0.15) is 56.1 Å². The number of amides is 2. The number of hydrogen-bond acceptors (Lipinski definition) is 5. The van der Waals surface area contributed by atoms with Gasteiger partial charge in [0.15, 0.2) is 5.78 Å². The van der Waals surface area contributed by atoms with Crippen LogP contribution in [0.3, 0.4) is 0 Å². The van der Waals surface area contributed by atoms with Gasteiger partial charge in [0.05, 0.1) is 25.1 Å². The maximum Gasteiger partial charge on any atom is 0.248 e. The molecule has 0 radical (unpaired) electrons. The van der Waals surface area contributed by atoms with Crippen LogP contribution in [0.4, 0.5) is 0 Å². The molecule has 174 valence electrons. The zero-order chi connectivity index (χ0) is 23.4. The lowest BCUT2D eigenvalue weighted by Crippen LogP contribution is -2.43. The molecule has 1 aliphatic heterocycles. The lowest BCUT2D eigenvalue weighted by atomic mass is 9.85. The van der Waals surface area contributed by atoms with Crippen molar-refractivity contribution in [3.63, 3.8) is 0 Å². The van der Waals surface area contributed by atoms with E-state index in [-0.39, 0.29) is 29.9 Å². The van der Waals surface area contributed by atoms with Crippen molar-refractivity contribution in [3.8, 4) is 11.8 Å². The second-order valence-electron chi connectivity index (χ2n) is 9.45. The normalized spacial score (nSPS) is 21.2. The summed E-state index contributed by atoms with van der Waals surface area (Å²) in [5, 5.41) is 15.4. The highest BCUT2D eigenvalue weighted by molar-refractivity contribution is 6.03. The molecule has 0 spiro atoms. The Morgan fingerprint density at radius 3 is 2.79 bits per heavy atom. The van der Waals surface area contributed by atoms with Crippen LogP contribution in [-0.2, 0) is 20.8 Å². The average Bonchev–Trinajstić information content (AvgIpc) is 3.53. The standard InChI is InChI=1S/C26H31N3O4/c1-33-24-6-2-4-18-13-20(14-21(18)24)26(32)29-22(11-16-7-8-16)23(30)12-17(15-27)10-19-5-3-9-28-25(19)31/h2,4,6,14,16-17,19,22H,3,5,7-13H2,1H3,(H,28,31)(H,29,32)/t17-,19+,22-/m1/s1. The van der Waals surface area contributed by atoms with E-state index in [1.54, 1.807) is 7.11 Å². The molecule has 4 rings (SSSR count). The number of carbonyl (C=O) groups is 3. The largest absolute Gasteiger partial charge is 0.496 e. The van der Waals surface area contributed by atoms with Crippen LogP contribution in [-0.4, -0.2) is 37.3 Å². The predicted molar refractivity (Wildman–Crippen MR) is 123 cm³/mol. The third kappa shape index (κ3) is 5.62. The SMILES string of the molecule is COc1cccc2c1C=C(C(=O)N[C@H](CC1CC1)C(=O)C[C@H](C#N)C[C@@H]1CCCNC1=O)C2. The maximum absolute atomic E-state index is 13.2. The summed E-state index contributed by atoms with van der Waals surface area (Å²) in [5.41, 5.74) is 2.55. The molecule has 7 heteroatoms. The number of hydrogen-bond donors (Lipinski definition) is 2. The molecule has 2 aliphatic carbocycles. The van der Waals surface area contributed by atoms with E-state index >= 15 is 0 Å². The molecule has 7 nitrogen and oxygen atoms in total. The van der Waals surface area contributed by atoms with Gasteiger partial charge in [-0.1, -0.05) is 25.0 Å². The summed E-state index contributed by atoms with van der Waals surface area (Å²) < 4.78 is 5.40. The van der Waals surface area contributed by atoms with Crippen molar-refractivity contribution in [3.05, 3.63) is 34.9 Å². The Hall–Kier alpha value is -3.14. The van der Waals surface area contributed by atoms with E-state index in [0.717, 1.165) is 42.6 Å². The number of rotatable bonds is 10. The number of ketones is 1. The van der Waals surface area contributed by atoms with Crippen LogP contribution in [0.15, 0.2) is 23.8 Å². The summed E-state index contributed by atoms with van der Waals surface area (Å²) in [5.74, 6) is 0.0383. The van der Waals surface area contributed by atoms with Crippen molar-refractivity contribution < 1.29 is 19.1 Å². The third-order valence-electron chi connectivity index (χ3n) is 6.93. The van der Waals surface area contributed by atoms with E-state index in [1.807, 2.05) is 24.3 Å². The Morgan fingerprint density at radius 2 is 2.09 bits per heavy atom. The molecule has 0 unspecified atom stereocenters. The Morgan fingerprint density at radius 1 is 1.27 bits per heavy atom. The first-order chi connectivity index (χ1) is 16.0. The lowest BCUT2D eigenvalue weighted by molar-refractivity contribution is -0.128. The summed E-state index contributed by atoms with van der Waals surface area (Å²) in [7, 11) is 1.61. The van der Waals surface area contributed by atoms with Gasteiger partial charge in [-0.3, -0.25) is 14.4 Å².